The van der Waals surface area contributed by atoms with Gasteiger partial charge >= 0.3 is 0 Å². The molecule has 0 saturated carbocycles. The van der Waals surface area contributed by atoms with Crippen molar-refractivity contribution in [2.75, 3.05) is 0 Å². The van der Waals surface area contributed by atoms with Gasteiger partial charge in [0, 0.05) is 0 Å². The van der Waals surface area contributed by atoms with E-state index in [0.717, 1.165) is 0 Å². The van der Waals surface area contributed by atoms with Crippen LogP contribution in [0.4, 0.5) is 0 Å². The quantitative estimate of drug-likeness (QED) is 0.610. The maximum absolute atomic E-state index is 5.78. The highest BCUT2D eigenvalue weighted by atomic mass is 28.4. The van der Waals surface area contributed by atoms with Crippen molar-refractivity contribution in [2.45, 2.75) is 26.9 Å². The van der Waals surface area contributed by atoms with Crippen molar-refractivity contribution in [1.82, 2.24) is 0 Å². The lowest BCUT2D eigenvalue weighted by Crippen LogP contribution is -2.26. The fourth-order valence-electron chi connectivity index (χ4n) is 0.404. The van der Waals surface area contributed by atoms with Gasteiger partial charge in [-0.2, -0.15) is 0 Å². The van der Waals surface area contributed by atoms with Crippen LogP contribution in [0.5, 0.6) is 0 Å². The molecule has 62 valence electrons. The summed E-state index contributed by atoms with van der Waals surface area (Å²) in [4.78, 5) is 0. The zero-order valence-electron chi connectivity index (χ0n) is 7.82. The molecular formula is C8H16OSi2. The number of hydrogen-bond acceptors (Lipinski definition) is 1. The van der Waals surface area contributed by atoms with E-state index in [1.54, 1.807) is 0 Å². The molecule has 0 rings (SSSR count). The first-order chi connectivity index (χ1) is 4.95. The summed E-state index contributed by atoms with van der Waals surface area (Å²) in [5, 5.41) is 2.36. The van der Waals surface area contributed by atoms with Crippen LogP contribution in [0.1, 0.15) is 13.8 Å². The molecule has 0 aromatic heterocycles. The monoisotopic (exact) mass is 184 g/mol. The summed E-state index contributed by atoms with van der Waals surface area (Å²) in [6, 6.07) is 0. The van der Waals surface area contributed by atoms with Crippen LogP contribution < -0.4 is 0 Å². The van der Waals surface area contributed by atoms with Crippen molar-refractivity contribution >= 4 is 18.1 Å². The number of allylic oxidation sites excluding steroid dienone is 2. The smallest absolute Gasteiger partial charge is 0.226 e. The van der Waals surface area contributed by atoms with Crippen molar-refractivity contribution in [2.24, 2.45) is 0 Å². The van der Waals surface area contributed by atoms with Gasteiger partial charge in [0.15, 0.2) is 0 Å². The third kappa shape index (κ3) is 4.34. The summed E-state index contributed by atoms with van der Waals surface area (Å²) in [7, 11) is -1.52. The summed E-state index contributed by atoms with van der Waals surface area (Å²) in [6.07, 6.45) is 0. The molecule has 0 aromatic rings. The van der Waals surface area contributed by atoms with Gasteiger partial charge in [0.1, 0.15) is 0 Å². The Labute approximate surface area is 73.2 Å². The Bertz CT molecular complexity index is 147. The molecular weight excluding hydrogens is 168 g/mol. The minimum Gasteiger partial charge on any atom is -0.449 e. The Balaban J connectivity index is 3.84. The molecule has 2 radical (unpaired) electrons. The molecule has 0 unspecified atom stereocenters. The first-order valence-corrected chi connectivity index (χ1v) is 7.43. The van der Waals surface area contributed by atoms with Crippen LogP contribution >= 0.6 is 0 Å². The second kappa shape index (κ2) is 4.69. The molecule has 0 aliphatic carbocycles. The van der Waals surface area contributed by atoms with E-state index in [1.807, 2.05) is 13.8 Å². The summed E-state index contributed by atoms with van der Waals surface area (Å²) >= 11 is 0. The maximum Gasteiger partial charge on any atom is 0.226 e. The normalized spacial score (nSPS) is 10.7. The molecule has 0 atom stereocenters. The Morgan fingerprint density at radius 3 is 1.45 bits per heavy atom. The molecule has 0 N–H and O–H groups in total. The highest BCUT2D eigenvalue weighted by molar-refractivity contribution is 6.72. The van der Waals surface area contributed by atoms with E-state index in [9.17, 15) is 0 Å². The predicted octanol–water partition coefficient (Wildman–Crippen LogP) is 2.48. The molecule has 0 spiro atoms. The fourth-order valence-corrected chi connectivity index (χ4v) is 3.63. The lowest BCUT2D eigenvalue weighted by atomic mass is 10.8. The highest BCUT2D eigenvalue weighted by Crippen LogP contribution is 2.04. The molecule has 0 saturated heterocycles. The van der Waals surface area contributed by atoms with E-state index in [1.165, 1.54) is 10.4 Å². The minimum atomic E-state index is -0.760. The fraction of sp³-hybridized carbons (Fsp3) is 0.500. The topological polar surface area (TPSA) is 9.23 Å². The van der Waals surface area contributed by atoms with E-state index in [2.05, 4.69) is 26.3 Å². The molecule has 0 aliphatic rings. The van der Waals surface area contributed by atoms with Crippen molar-refractivity contribution < 1.29 is 4.12 Å². The summed E-state index contributed by atoms with van der Waals surface area (Å²) in [6.45, 7) is 16.1. The zero-order chi connectivity index (χ0) is 9.02. The zero-order valence-corrected chi connectivity index (χ0v) is 9.82. The average Bonchev–Trinajstić information content (AvgIpc) is 1.87. The van der Waals surface area contributed by atoms with Gasteiger partial charge in [0.2, 0.25) is 18.1 Å². The van der Waals surface area contributed by atoms with E-state index in [-0.39, 0.29) is 0 Å². The Kier molecular flexibility index (Phi) is 4.64. The Hall–Kier alpha value is -0.126. The first kappa shape index (κ1) is 10.9. The predicted molar refractivity (Wildman–Crippen MR) is 53.9 cm³/mol. The molecule has 0 amide bonds. The van der Waals surface area contributed by atoms with Gasteiger partial charge in [-0.25, -0.2) is 0 Å². The van der Waals surface area contributed by atoms with Crippen LogP contribution in [0.15, 0.2) is 23.6 Å². The van der Waals surface area contributed by atoms with Crippen molar-refractivity contribution in [3.63, 3.8) is 0 Å². The van der Waals surface area contributed by atoms with E-state index >= 15 is 0 Å². The van der Waals surface area contributed by atoms with E-state index in [0.29, 0.717) is 0 Å². The lowest BCUT2D eigenvalue weighted by Gasteiger charge is -2.15. The maximum atomic E-state index is 5.78. The van der Waals surface area contributed by atoms with Crippen molar-refractivity contribution in [3.05, 3.63) is 23.6 Å². The lowest BCUT2D eigenvalue weighted by molar-refractivity contribution is 0.611. The van der Waals surface area contributed by atoms with E-state index < -0.39 is 18.1 Å². The van der Waals surface area contributed by atoms with Gasteiger partial charge < -0.3 is 4.12 Å². The first-order valence-electron chi connectivity index (χ1n) is 3.62. The van der Waals surface area contributed by atoms with Gasteiger partial charge in [-0.05, 0) is 26.9 Å². The second-order valence-corrected chi connectivity index (χ2v) is 7.52. The molecule has 1 nitrogen and oxygen atoms in total. The van der Waals surface area contributed by atoms with Gasteiger partial charge in [0.05, 0.1) is 0 Å². The van der Waals surface area contributed by atoms with Crippen LogP contribution in [0.2, 0.25) is 13.1 Å². The van der Waals surface area contributed by atoms with Crippen LogP contribution in [0.25, 0.3) is 0 Å². The SMILES string of the molecule is C=C(C)[Si](C)O[Si](C)C(=C)C. The van der Waals surface area contributed by atoms with Crippen molar-refractivity contribution in [3.8, 4) is 0 Å². The molecule has 0 fully saturated rings. The third-order valence-electron chi connectivity index (χ3n) is 1.51. The third-order valence-corrected chi connectivity index (χ3v) is 6.36. The largest absolute Gasteiger partial charge is 0.449 e. The van der Waals surface area contributed by atoms with Gasteiger partial charge in [-0.3, -0.25) is 0 Å². The Morgan fingerprint density at radius 2 is 1.27 bits per heavy atom. The molecule has 0 aromatic carbocycles. The summed E-state index contributed by atoms with van der Waals surface area (Å²) in [5.74, 6) is 0. The molecule has 3 heteroatoms. The highest BCUT2D eigenvalue weighted by Gasteiger charge is 2.13. The van der Waals surface area contributed by atoms with Gasteiger partial charge in [-0.1, -0.05) is 10.4 Å². The average molecular weight is 184 g/mol. The molecule has 0 bridgehead atoms. The second-order valence-electron chi connectivity index (χ2n) is 2.78. The molecule has 0 aliphatic heterocycles. The minimum absolute atomic E-state index is 0.760. The van der Waals surface area contributed by atoms with Gasteiger partial charge in [-0.15, -0.1) is 13.2 Å². The van der Waals surface area contributed by atoms with Crippen molar-refractivity contribution in [1.29, 1.82) is 0 Å². The van der Waals surface area contributed by atoms with Crippen LogP contribution in [0, 0.1) is 0 Å². The van der Waals surface area contributed by atoms with E-state index in [4.69, 9.17) is 4.12 Å². The van der Waals surface area contributed by atoms with Crippen LogP contribution in [0.3, 0.4) is 0 Å². The molecule has 0 heterocycles. The van der Waals surface area contributed by atoms with Crippen LogP contribution in [-0.2, 0) is 4.12 Å². The molecule has 11 heavy (non-hydrogen) atoms. The Morgan fingerprint density at radius 1 is 1.00 bits per heavy atom. The number of rotatable bonds is 4. The summed E-state index contributed by atoms with van der Waals surface area (Å²) < 4.78 is 5.78. The standard InChI is InChI=1S/C8H16OSi2/c1-7(2)10(5)9-11(6)8(3)4/h1,3H2,2,4-6H3. The van der Waals surface area contributed by atoms with Gasteiger partial charge in [0.25, 0.3) is 0 Å². The summed E-state index contributed by atoms with van der Waals surface area (Å²) in [5.41, 5.74) is 0. The van der Waals surface area contributed by atoms with Crippen LogP contribution in [-0.4, -0.2) is 18.1 Å². The number of hydrogen-bond donors (Lipinski definition) is 0.